The van der Waals surface area contributed by atoms with Crippen molar-refractivity contribution in [3.8, 4) is 0 Å². The molecule has 0 fully saturated rings. The monoisotopic (exact) mass is 348 g/mol. The lowest BCUT2D eigenvalue weighted by atomic mass is 10.1. The SMILES string of the molecule is NS(=O)(=O)NCc1ccc(CNc2ncnc3c2CC(=O)N3)cc1. The van der Waals surface area contributed by atoms with E-state index in [2.05, 4.69) is 25.3 Å². The maximum absolute atomic E-state index is 11.4. The van der Waals surface area contributed by atoms with Crippen molar-refractivity contribution in [1.29, 1.82) is 0 Å². The van der Waals surface area contributed by atoms with Crippen LogP contribution in [0.15, 0.2) is 30.6 Å². The van der Waals surface area contributed by atoms with Gasteiger partial charge in [0, 0.05) is 18.7 Å². The van der Waals surface area contributed by atoms with Crippen LogP contribution in [-0.2, 0) is 34.5 Å². The Morgan fingerprint density at radius 3 is 2.46 bits per heavy atom. The molecule has 10 heteroatoms. The molecular formula is C14H16N6O3S. The number of nitrogens with two attached hydrogens (primary N) is 1. The summed E-state index contributed by atoms with van der Waals surface area (Å²) < 4.78 is 24.0. The molecule has 0 atom stereocenters. The summed E-state index contributed by atoms with van der Waals surface area (Å²) >= 11 is 0. The number of carbonyl (C=O) groups excluding carboxylic acids is 1. The van der Waals surface area contributed by atoms with Gasteiger partial charge in [-0.1, -0.05) is 24.3 Å². The number of amides is 1. The van der Waals surface area contributed by atoms with Gasteiger partial charge in [-0.3, -0.25) is 4.79 Å². The highest BCUT2D eigenvalue weighted by molar-refractivity contribution is 7.87. The highest BCUT2D eigenvalue weighted by atomic mass is 32.2. The van der Waals surface area contributed by atoms with Gasteiger partial charge in [0.1, 0.15) is 18.0 Å². The second-order valence-corrected chi connectivity index (χ2v) is 6.69. The van der Waals surface area contributed by atoms with E-state index in [1.54, 1.807) is 0 Å². The molecule has 0 spiro atoms. The number of carbonyl (C=O) groups is 1. The van der Waals surface area contributed by atoms with Crippen LogP contribution in [0.2, 0.25) is 0 Å². The van der Waals surface area contributed by atoms with Gasteiger partial charge in [0.05, 0.1) is 6.42 Å². The van der Waals surface area contributed by atoms with Crippen LogP contribution in [0.4, 0.5) is 11.6 Å². The molecule has 0 saturated heterocycles. The number of hydrogen-bond acceptors (Lipinski definition) is 6. The average Bonchev–Trinajstić information content (AvgIpc) is 2.92. The Hall–Kier alpha value is -2.56. The molecule has 2 aromatic rings. The van der Waals surface area contributed by atoms with Crippen molar-refractivity contribution in [2.45, 2.75) is 19.5 Å². The smallest absolute Gasteiger partial charge is 0.274 e. The molecule has 1 aromatic heterocycles. The van der Waals surface area contributed by atoms with Crippen LogP contribution in [0.25, 0.3) is 0 Å². The zero-order valence-electron chi connectivity index (χ0n) is 12.6. The summed E-state index contributed by atoms with van der Waals surface area (Å²) in [6.45, 7) is 0.653. The zero-order chi connectivity index (χ0) is 17.2. The van der Waals surface area contributed by atoms with E-state index in [9.17, 15) is 13.2 Å². The molecule has 126 valence electrons. The Labute approximate surface area is 138 Å². The lowest BCUT2D eigenvalue weighted by Crippen LogP contribution is -2.30. The van der Waals surface area contributed by atoms with E-state index >= 15 is 0 Å². The number of nitrogens with zero attached hydrogens (tertiary/aromatic N) is 2. The van der Waals surface area contributed by atoms with Crippen LogP contribution in [0, 0.1) is 0 Å². The first-order chi connectivity index (χ1) is 11.4. The molecule has 0 unspecified atom stereocenters. The minimum absolute atomic E-state index is 0.0970. The molecule has 1 aromatic carbocycles. The number of hydrogen-bond donors (Lipinski definition) is 4. The quantitative estimate of drug-likeness (QED) is 0.574. The molecule has 24 heavy (non-hydrogen) atoms. The molecular weight excluding hydrogens is 332 g/mol. The summed E-state index contributed by atoms with van der Waals surface area (Å²) in [6, 6.07) is 7.37. The number of anilines is 2. The fraction of sp³-hybridized carbons (Fsp3) is 0.214. The van der Waals surface area contributed by atoms with Gasteiger partial charge in [0.2, 0.25) is 5.91 Å². The fourth-order valence-corrected chi connectivity index (χ4v) is 2.69. The molecule has 1 aliphatic heterocycles. The van der Waals surface area contributed by atoms with E-state index in [1.165, 1.54) is 6.33 Å². The van der Waals surface area contributed by atoms with Gasteiger partial charge >= 0.3 is 0 Å². The van der Waals surface area contributed by atoms with Crippen LogP contribution in [-0.4, -0.2) is 24.3 Å². The molecule has 1 amide bonds. The molecule has 3 rings (SSSR count). The minimum Gasteiger partial charge on any atom is -0.366 e. The Morgan fingerprint density at radius 1 is 1.12 bits per heavy atom. The third-order valence-electron chi connectivity index (χ3n) is 3.50. The highest BCUT2D eigenvalue weighted by Crippen LogP contribution is 2.25. The van der Waals surface area contributed by atoms with E-state index < -0.39 is 10.2 Å². The normalized spacial score (nSPS) is 13.5. The molecule has 0 saturated carbocycles. The maximum Gasteiger partial charge on any atom is 0.274 e. The molecule has 5 N–H and O–H groups in total. The maximum atomic E-state index is 11.4. The Balaban J connectivity index is 1.62. The van der Waals surface area contributed by atoms with Crippen molar-refractivity contribution in [2.75, 3.05) is 10.6 Å². The van der Waals surface area contributed by atoms with Crippen LogP contribution < -0.4 is 20.5 Å². The third kappa shape index (κ3) is 4.04. The number of benzene rings is 1. The third-order valence-corrected chi connectivity index (χ3v) is 4.05. The largest absolute Gasteiger partial charge is 0.366 e. The van der Waals surface area contributed by atoms with Crippen LogP contribution in [0.3, 0.4) is 0 Å². The van der Waals surface area contributed by atoms with Gasteiger partial charge in [-0.05, 0) is 11.1 Å². The molecule has 2 heterocycles. The summed E-state index contributed by atoms with van der Waals surface area (Å²) in [6.07, 6.45) is 1.66. The predicted octanol–water partition coefficient (Wildman–Crippen LogP) is -0.124. The molecule has 0 aliphatic carbocycles. The summed E-state index contributed by atoms with van der Waals surface area (Å²) in [5, 5.41) is 10.7. The van der Waals surface area contributed by atoms with Gasteiger partial charge in [-0.25, -0.2) is 15.1 Å². The summed E-state index contributed by atoms with van der Waals surface area (Å²) in [4.78, 5) is 19.6. The number of fused-ring (bicyclic) bond motifs is 1. The summed E-state index contributed by atoms with van der Waals surface area (Å²) in [5.74, 6) is 1.07. The van der Waals surface area contributed by atoms with Crippen molar-refractivity contribution in [3.63, 3.8) is 0 Å². The van der Waals surface area contributed by atoms with Gasteiger partial charge < -0.3 is 10.6 Å². The van der Waals surface area contributed by atoms with Crippen molar-refractivity contribution in [1.82, 2.24) is 14.7 Å². The van der Waals surface area contributed by atoms with Crippen molar-refractivity contribution in [2.24, 2.45) is 5.14 Å². The highest BCUT2D eigenvalue weighted by Gasteiger charge is 2.22. The molecule has 0 radical (unpaired) electrons. The average molecular weight is 348 g/mol. The lowest BCUT2D eigenvalue weighted by Gasteiger charge is -2.09. The minimum atomic E-state index is -3.70. The van der Waals surface area contributed by atoms with Crippen molar-refractivity contribution < 1.29 is 13.2 Å². The second-order valence-electron chi connectivity index (χ2n) is 5.31. The van der Waals surface area contributed by atoms with E-state index in [4.69, 9.17) is 5.14 Å². The van der Waals surface area contributed by atoms with Crippen molar-refractivity contribution >= 4 is 27.8 Å². The Morgan fingerprint density at radius 2 is 1.79 bits per heavy atom. The van der Waals surface area contributed by atoms with Gasteiger partial charge in [0.15, 0.2) is 0 Å². The summed E-state index contributed by atoms with van der Waals surface area (Å²) in [7, 11) is -3.70. The van der Waals surface area contributed by atoms with Crippen LogP contribution in [0.1, 0.15) is 16.7 Å². The summed E-state index contributed by atoms with van der Waals surface area (Å²) in [5.41, 5.74) is 2.54. The van der Waals surface area contributed by atoms with Crippen LogP contribution in [0.5, 0.6) is 0 Å². The topological polar surface area (TPSA) is 139 Å². The number of nitrogens with one attached hydrogen (secondary N) is 3. The van der Waals surface area contributed by atoms with Crippen molar-refractivity contribution in [3.05, 3.63) is 47.3 Å². The van der Waals surface area contributed by atoms with E-state index in [-0.39, 0.29) is 18.9 Å². The van der Waals surface area contributed by atoms with E-state index in [1.807, 2.05) is 24.3 Å². The molecule has 0 bridgehead atoms. The first-order valence-electron chi connectivity index (χ1n) is 7.13. The lowest BCUT2D eigenvalue weighted by molar-refractivity contribution is -0.115. The zero-order valence-corrected chi connectivity index (χ0v) is 13.4. The number of aromatic nitrogens is 2. The van der Waals surface area contributed by atoms with Gasteiger partial charge in [-0.2, -0.15) is 13.1 Å². The molecule has 1 aliphatic rings. The first-order valence-corrected chi connectivity index (χ1v) is 8.68. The predicted molar refractivity (Wildman–Crippen MR) is 88.1 cm³/mol. The second kappa shape index (κ2) is 6.51. The Kier molecular flexibility index (Phi) is 4.42. The van der Waals surface area contributed by atoms with E-state index in [0.29, 0.717) is 18.2 Å². The van der Waals surface area contributed by atoms with Crippen LogP contribution >= 0.6 is 0 Å². The van der Waals surface area contributed by atoms with E-state index in [0.717, 1.165) is 16.7 Å². The fourth-order valence-electron chi connectivity index (χ4n) is 2.32. The standard InChI is InChI=1S/C14H16N6O3S/c15-24(22,23)19-7-10-3-1-9(2-4-10)6-16-13-11-5-12(21)20-14(11)18-8-17-13/h1-4,8,19H,5-7H2,(H2,15,22,23)(H2,16,17,18,20,21). The van der Waals surface area contributed by atoms with Gasteiger partial charge in [-0.15, -0.1) is 0 Å². The number of rotatable bonds is 6. The first kappa shape index (κ1) is 16.3. The molecule has 9 nitrogen and oxygen atoms in total. The Bertz CT molecular complexity index is 867. The van der Waals surface area contributed by atoms with Gasteiger partial charge in [0.25, 0.3) is 10.2 Å².